The number of hydrogen-bond donors (Lipinski definition) is 1. The summed E-state index contributed by atoms with van der Waals surface area (Å²) in [7, 11) is 0. The average Bonchev–Trinajstić information content (AvgIpc) is 3.17. The van der Waals surface area contributed by atoms with Crippen LogP contribution in [0.5, 0.6) is 5.75 Å². The molecule has 0 spiro atoms. The topological polar surface area (TPSA) is 62.9 Å². The van der Waals surface area contributed by atoms with E-state index in [0.29, 0.717) is 12.0 Å². The standard InChI is InChI=1S/C30H39NO4/c1-4-5-7-28-26(27-18-24(30(32)33)10-13-29(27)35-28)17-23-8-11-25(12-9-23)34-15-6-14-31-19-21(2)16-22(3)20-31/h8-13,18,21-22H,4-7,14-17,19-20H2,1-3H3,(H,32,33). The minimum Gasteiger partial charge on any atom is -0.494 e. The van der Waals surface area contributed by atoms with Crippen molar-refractivity contribution in [2.75, 3.05) is 26.2 Å². The predicted octanol–water partition coefficient (Wildman–Crippen LogP) is 6.81. The third-order valence-corrected chi connectivity index (χ3v) is 7.01. The first-order valence-corrected chi connectivity index (χ1v) is 13.1. The van der Waals surface area contributed by atoms with Crippen LogP contribution >= 0.6 is 0 Å². The summed E-state index contributed by atoms with van der Waals surface area (Å²) in [5.41, 5.74) is 3.30. The normalized spacial score (nSPS) is 18.7. The molecule has 2 atom stereocenters. The summed E-state index contributed by atoms with van der Waals surface area (Å²) in [6.45, 7) is 11.1. The van der Waals surface area contributed by atoms with Gasteiger partial charge in [0.05, 0.1) is 12.2 Å². The van der Waals surface area contributed by atoms with E-state index in [1.165, 1.54) is 19.5 Å². The largest absolute Gasteiger partial charge is 0.494 e. The lowest BCUT2D eigenvalue weighted by molar-refractivity contribution is 0.0697. The van der Waals surface area contributed by atoms with Gasteiger partial charge in [-0.3, -0.25) is 0 Å². The Bertz CT molecular complexity index is 1110. The van der Waals surface area contributed by atoms with E-state index in [2.05, 4.69) is 37.8 Å². The molecule has 35 heavy (non-hydrogen) atoms. The third kappa shape index (κ3) is 6.66. The summed E-state index contributed by atoms with van der Waals surface area (Å²) in [6, 6.07) is 13.4. The maximum atomic E-state index is 11.5. The molecule has 3 aromatic rings. The lowest BCUT2D eigenvalue weighted by atomic mass is 9.92. The number of aryl methyl sites for hydroxylation is 1. The van der Waals surface area contributed by atoms with Crippen molar-refractivity contribution >= 4 is 16.9 Å². The third-order valence-electron chi connectivity index (χ3n) is 7.01. The molecule has 2 unspecified atom stereocenters. The van der Waals surface area contributed by atoms with Gasteiger partial charge in [0.2, 0.25) is 0 Å². The van der Waals surface area contributed by atoms with Gasteiger partial charge >= 0.3 is 5.97 Å². The van der Waals surface area contributed by atoms with Gasteiger partial charge in [-0.1, -0.05) is 39.3 Å². The maximum Gasteiger partial charge on any atom is 0.335 e. The quantitative estimate of drug-likeness (QED) is 0.307. The van der Waals surface area contributed by atoms with E-state index in [0.717, 1.165) is 84.3 Å². The highest BCUT2D eigenvalue weighted by molar-refractivity contribution is 5.94. The van der Waals surface area contributed by atoms with Crippen LogP contribution in [0.15, 0.2) is 46.9 Å². The van der Waals surface area contributed by atoms with Gasteiger partial charge in [0.25, 0.3) is 0 Å². The molecule has 5 heteroatoms. The fourth-order valence-corrected chi connectivity index (χ4v) is 5.43. The van der Waals surface area contributed by atoms with Gasteiger partial charge < -0.3 is 19.2 Å². The van der Waals surface area contributed by atoms with Crippen molar-refractivity contribution in [1.29, 1.82) is 0 Å². The van der Waals surface area contributed by atoms with Gasteiger partial charge in [0.1, 0.15) is 17.1 Å². The molecular formula is C30H39NO4. The van der Waals surface area contributed by atoms with Crippen molar-refractivity contribution < 1.29 is 19.1 Å². The van der Waals surface area contributed by atoms with Crippen LogP contribution in [0, 0.1) is 11.8 Å². The Balaban J connectivity index is 1.38. The molecule has 0 bridgehead atoms. The zero-order chi connectivity index (χ0) is 24.8. The molecule has 1 aliphatic heterocycles. The highest BCUT2D eigenvalue weighted by Gasteiger charge is 2.21. The van der Waals surface area contributed by atoms with E-state index in [1.807, 2.05) is 12.1 Å². The Labute approximate surface area is 209 Å². The van der Waals surface area contributed by atoms with Gasteiger partial charge in [-0.25, -0.2) is 4.79 Å². The fourth-order valence-electron chi connectivity index (χ4n) is 5.43. The molecule has 0 saturated carbocycles. The van der Waals surface area contributed by atoms with Crippen molar-refractivity contribution in [2.24, 2.45) is 11.8 Å². The van der Waals surface area contributed by atoms with E-state index in [-0.39, 0.29) is 0 Å². The predicted molar refractivity (Wildman–Crippen MR) is 141 cm³/mol. The van der Waals surface area contributed by atoms with Crippen LogP contribution < -0.4 is 4.74 Å². The van der Waals surface area contributed by atoms with E-state index in [4.69, 9.17) is 9.15 Å². The molecule has 0 aliphatic carbocycles. The monoisotopic (exact) mass is 477 g/mol. The number of fused-ring (bicyclic) bond motifs is 1. The SMILES string of the molecule is CCCCc1oc2ccc(C(=O)O)cc2c1Cc1ccc(OCCCN2CC(C)CC(C)C2)cc1. The summed E-state index contributed by atoms with van der Waals surface area (Å²) < 4.78 is 12.2. The number of rotatable bonds is 11. The van der Waals surface area contributed by atoms with Crippen molar-refractivity contribution in [3.05, 3.63) is 64.9 Å². The van der Waals surface area contributed by atoms with Crippen LogP contribution in [0.3, 0.4) is 0 Å². The van der Waals surface area contributed by atoms with Crippen molar-refractivity contribution in [3.63, 3.8) is 0 Å². The van der Waals surface area contributed by atoms with E-state index < -0.39 is 5.97 Å². The van der Waals surface area contributed by atoms with Gasteiger partial charge in [-0.15, -0.1) is 0 Å². The van der Waals surface area contributed by atoms with Gasteiger partial charge in [-0.05, 0) is 67.0 Å². The molecule has 0 amide bonds. The molecule has 1 N–H and O–H groups in total. The first-order chi connectivity index (χ1) is 16.9. The summed E-state index contributed by atoms with van der Waals surface area (Å²) in [5.74, 6) is 2.52. The summed E-state index contributed by atoms with van der Waals surface area (Å²) >= 11 is 0. The molecule has 2 heterocycles. The Kier molecular flexibility index (Phi) is 8.50. The second-order valence-corrected chi connectivity index (χ2v) is 10.4. The number of carboxylic acids is 1. The number of carboxylic acid groups (broad SMARTS) is 1. The smallest absolute Gasteiger partial charge is 0.335 e. The molecular weight excluding hydrogens is 438 g/mol. The van der Waals surface area contributed by atoms with E-state index >= 15 is 0 Å². The molecule has 2 aromatic carbocycles. The number of piperidine rings is 1. The van der Waals surface area contributed by atoms with Crippen LogP contribution in [-0.2, 0) is 12.8 Å². The number of aromatic carboxylic acids is 1. The summed E-state index contributed by atoms with van der Waals surface area (Å²) in [6.07, 6.45) is 6.07. The van der Waals surface area contributed by atoms with Crippen LogP contribution in [0.1, 0.15) is 73.7 Å². The van der Waals surface area contributed by atoms with Gasteiger partial charge in [-0.2, -0.15) is 0 Å². The minimum absolute atomic E-state index is 0.291. The fraction of sp³-hybridized carbons (Fsp3) is 0.500. The number of nitrogens with zero attached hydrogens (tertiary/aromatic N) is 1. The van der Waals surface area contributed by atoms with Gasteiger partial charge in [0, 0.05) is 43.4 Å². The van der Waals surface area contributed by atoms with Crippen LogP contribution in [-0.4, -0.2) is 42.2 Å². The first kappa shape index (κ1) is 25.3. The van der Waals surface area contributed by atoms with Crippen LogP contribution in [0.2, 0.25) is 0 Å². The second kappa shape index (κ2) is 11.8. The van der Waals surface area contributed by atoms with Crippen LogP contribution in [0.4, 0.5) is 0 Å². The van der Waals surface area contributed by atoms with Gasteiger partial charge in [0.15, 0.2) is 0 Å². The van der Waals surface area contributed by atoms with E-state index in [1.54, 1.807) is 18.2 Å². The molecule has 188 valence electrons. The highest BCUT2D eigenvalue weighted by atomic mass is 16.5. The summed E-state index contributed by atoms with van der Waals surface area (Å²) in [5, 5.41) is 10.3. The number of hydrogen-bond acceptors (Lipinski definition) is 4. The van der Waals surface area contributed by atoms with Crippen molar-refractivity contribution in [1.82, 2.24) is 4.90 Å². The zero-order valence-corrected chi connectivity index (χ0v) is 21.4. The summed E-state index contributed by atoms with van der Waals surface area (Å²) in [4.78, 5) is 14.1. The first-order valence-electron chi connectivity index (χ1n) is 13.1. The molecule has 5 nitrogen and oxygen atoms in total. The van der Waals surface area contributed by atoms with E-state index in [9.17, 15) is 9.90 Å². The number of benzene rings is 2. The highest BCUT2D eigenvalue weighted by Crippen LogP contribution is 2.31. The molecule has 1 saturated heterocycles. The zero-order valence-electron chi connectivity index (χ0n) is 21.4. The lowest BCUT2D eigenvalue weighted by Crippen LogP contribution is -2.39. The number of furan rings is 1. The molecule has 1 aromatic heterocycles. The Morgan fingerprint density at radius 1 is 1.09 bits per heavy atom. The minimum atomic E-state index is -0.917. The number of carbonyl (C=O) groups is 1. The number of unbranched alkanes of at least 4 members (excludes halogenated alkanes) is 1. The molecule has 0 radical (unpaired) electrons. The Hall–Kier alpha value is -2.79. The number of likely N-dealkylation sites (tertiary alicyclic amines) is 1. The van der Waals surface area contributed by atoms with Crippen molar-refractivity contribution in [3.8, 4) is 5.75 Å². The second-order valence-electron chi connectivity index (χ2n) is 10.4. The lowest BCUT2D eigenvalue weighted by Gasteiger charge is -2.34. The van der Waals surface area contributed by atoms with Crippen molar-refractivity contribution in [2.45, 2.75) is 59.3 Å². The number of ether oxygens (including phenoxy) is 1. The Morgan fingerprint density at radius 2 is 1.83 bits per heavy atom. The van der Waals surface area contributed by atoms with Crippen LogP contribution in [0.25, 0.3) is 11.0 Å². The average molecular weight is 478 g/mol. The molecule has 4 rings (SSSR count). The molecule has 1 aliphatic rings. The Morgan fingerprint density at radius 3 is 2.51 bits per heavy atom. The maximum absolute atomic E-state index is 11.5. The molecule has 1 fully saturated rings.